The van der Waals surface area contributed by atoms with Gasteiger partial charge in [0.25, 0.3) is 0 Å². The van der Waals surface area contributed by atoms with Gasteiger partial charge in [0.2, 0.25) is 0 Å². The van der Waals surface area contributed by atoms with Gasteiger partial charge in [0, 0.05) is 58.4 Å². The Morgan fingerprint density at radius 3 is 1.69 bits per heavy atom. The highest BCUT2D eigenvalue weighted by atomic mass is 32.1. The van der Waals surface area contributed by atoms with Crippen LogP contribution in [0.2, 0.25) is 0 Å². The number of fused-ring (bicyclic) bond motifs is 11. The molecule has 0 amide bonds. The largest absolute Gasteiger partial charge is 0.456 e. The lowest BCUT2D eigenvalue weighted by atomic mass is 9.98. The van der Waals surface area contributed by atoms with E-state index >= 15 is 0 Å². The van der Waals surface area contributed by atoms with E-state index in [1.165, 1.54) is 25.6 Å². The third-order valence-corrected chi connectivity index (χ3v) is 11.9. The first-order valence-corrected chi connectivity index (χ1v) is 19.1. The minimum Gasteiger partial charge on any atom is -0.456 e. The van der Waals surface area contributed by atoms with Gasteiger partial charge in [-0.1, -0.05) is 121 Å². The van der Waals surface area contributed by atoms with Crippen molar-refractivity contribution in [3.05, 3.63) is 164 Å². The Hall–Kier alpha value is -7.15. The number of hydrogen-bond donors (Lipinski definition) is 0. The number of thiophene rings is 1. The molecule has 0 saturated carbocycles. The highest BCUT2D eigenvalue weighted by Gasteiger charge is 2.20. The second-order valence-electron chi connectivity index (χ2n) is 13.9. The monoisotopic (exact) mass is 721 g/mol. The molecule has 0 saturated heterocycles. The summed E-state index contributed by atoms with van der Waals surface area (Å²) in [5.41, 5.74) is 8.49. The quantitative estimate of drug-likeness (QED) is 0.181. The number of rotatable bonds is 4. The SMILES string of the molecule is c1ccc2c(c1)oc1cccc(-c3nc(-c4ccc(-c5ccc6c(ccc7oc8ccccc8c76)c5)cc4)nc(-c4cccc5sc6ccccc6c45)n3)c12. The molecule has 0 aliphatic heterocycles. The maximum Gasteiger partial charge on any atom is 0.164 e. The molecule has 0 unspecified atom stereocenters. The minimum absolute atomic E-state index is 0.602. The maximum absolute atomic E-state index is 6.28. The Morgan fingerprint density at radius 2 is 0.909 bits per heavy atom. The van der Waals surface area contributed by atoms with E-state index in [2.05, 4.69) is 121 Å². The van der Waals surface area contributed by atoms with Crippen molar-refractivity contribution in [1.29, 1.82) is 0 Å². The molecule has 5 nitrogen and oxygen atoms in total. The molecule has 0 aliphatic rings. The summed E-state index contributed by atoms with van der Waals surface area (Å²) >= 11 is 1.79. The number of para-hydroxylation sites is 2. The van der Waals surface area contributed by atoms with Gasteiger partial charge in [-0.2, -0.15) is 0 Å². The summed E-state index contributed by atoms with van der Waals surface area (Å²) in [5.74, 6) is 1.85. The zero-order valence-corrected chi connectivity index (χ0v) is 30.0. The lowest BCUT2D eigenvalue weighted by Crippen LogP contribution is -2.00. The van der Waals surface area contributed by atoms with Gasteiger partial charge in [0.15, 0.2) is 17.5 Å². The molecule has 0 aliphatic carbocycles. The molecule has 0 atom stereocenters. The third kappa shape index (κ3) is 4.68. The van der Waals surface area contributed by atoms with Gasteiger partial charge >= 0.3 is 0 Å². The summed E-state index contributed by atoms with van der Waals surface area (Å²) in [6, 6.07) is 56.8. The molecule has 6 heteroatoms. The summed E-state index contributed by atoms with van der Waals surface area (Å²) in [5, 5.41) is 9.03. The molecule has 0 bridgehead atoms. The van der Waals surface area contributed by atoms with Crippen molar-refractivity contribution in [2.75, 3.05) is 0 Å². The summed E-state index contributed by atoms with van der Waals surface area (Å²) in [6.07, 6.45) is 0. The van der Waals surface area contributed by atoms with Crippen molar-refractivity contribution >= 4 is 86.2 Å². The average molecular weight is 722 g/mol. The van der Waals surface area contributed by atoms with Crippen LogP contribution >= 0.6 is 11.3 Å². The van der Waals surface area contributed by atoms with E-state index in [-0.39, 0.29) is 0 Å². The first-order valence-electron chi connectivity index (χ1n) is 18.3. The first-order chi connectivity index (χ1) is 27.2. The highest BCUT2D eigenvalue weighted by Crippen LogP contribution is 2.42. The second-order valence-corrected chi connectivity index (χ2v) is 15.0. The topological polar surface area (TPSA) is 65.0 Å². The number of furan rings is 2. The predicted molar refractivity (Wildman–Crippen MR) is 227 cm³/mol. The molecule has 4 aromatic heterocycles. The summed E-state index contributed by atoms with van der Waals surface area (Å²) in [7, 11) is 0. The zero-order chi connectivity index (χ0) is 36.0. The van der Waals surface area contributed by atoms with E-state index in [4.69, 9.17) is 23.8 Å². The fourth-order valence-electron chi connectivity index (χ4n) is 8.21. The molecule has 55 heavy (non-hydrogen) atoms. The fraction of sp³-hybridized carbons (Fsp3) is 0. The van der Waals surface area contributed by atoms with Crippen molar-refractivity contribution in [3.8, 4) is 45.3 Å². The van der Waals surface area contributed by atoms with Crippen molar-refractivity contribution in [2.24, 2.45) is 0 Å². The van der Waals surface area contributed by atoms with Crippen LogP contribution in [-0.4, -0.2) is 15.0 Å². The third-order valence-electron chi connectivity index (χ3n) is 10.8. The van der Waals surface area contributed by atoms with Crippen LogP contribution in [0, 0.1) is 0 Å². The molecule has 8 aromatic carbocycles. The van der Waals surface area contributed by atoms with E-state index in [9.17, 15) is 0 Å². The Balaban J connectivity index is 1.02. The number of hydrogen-bond acceptors (Lipinski definition) is 6. The van der Waals surface area contributed by atoms with Crippen LogP contribution in [0.4, 0.5) is 0 Å². The second kappa shape index (κ2) is 11.7. The standard InChI is InChI=1S/C49H27N3O2S/c1-4-14-38-33(9-1)44-32-25-23-30(27-31(32)24-26-41(44)54-38)28-19-21-29(22-20-28)47-50-48(36-12-7-16-40-45(36)34-10-2-5-15-39(34)53-40)52-49(51-47)37-13-8-18-43-46(37)35-11-3-6-17-42(35)55-43/h1-27H. The van der Waals surface area contributed by atoms with Crippen LogP contribution in [-0.2, 0) is 0 Å². The molecule has 0 spiro atoms. The van der Waals surface area contributed by atoms with Gasteiger partial charge in [-0.25, -0.2) is 15.0 Å². The lowest BCUT2D eigenvalue weighted by Gasteiger charge is -2.11. The van der Waals surface area contributed by atoms with Gasteiger partial charge < -0.3 is 8.83 Å². The van der Waals surface area contributed by atoms with Crippen LogP contribution < -0.4 is 0 Å². The van der Waals surface area contributed by atoms with E-state index < -0.39 is 0 Å². The smallest absolute Gasteiger partial charge is 0.164 e. The summed E-state index contributed by atoms with van der Waals surface area (Å²) in [4.78, 5) is 15.6. The number of benzene rings is 8. The molecule has 12 rings (SSSR count). The number of nitrogens with zero attached hydrogens (tertiary/aromatic N) is 3. The molecule has 0 fully saturated rings. The van der Waals surface area contributed by atoms with Gasteiger partial charge in [-0.3, -0.25) is 0 Å². The van der Waals surface area contributed by atoms with Crippen molar-refractivity contribution in [2.45, 2.75) is 0 Å². The van der Waals surface area contributed by atoms with Gasteiger partial charge in [0.1, 0.15) is 22.3 Å². The van der Waals surface area contributed by atoms with Gasteiger partial charge in [0.05, 0.1) is 0 Å². The Labute approximate surface area is 317 Å². The molecule has 4 heterocycles. The van der Waals surface area contributed by atoms with E-state index in [1.807, 2.05) is 42.5 Å². The van der Waals surface area contributed by atoms with Gasteiger partial charge in [-0.15, -0.1) is 11.3 Å². The molecular formula is C49H27N3O2S. The van der Waals surface area contributed by atoms with Crippen LogP contribution in [0.25, 0.3) is 120 Å². The summed E-state index contributed by atoms with van der Waals surface area (Å²) in [6.45, 7) is 0. The van der Waals surface area contributed by atoms with Gasteiger partial charge in [-0.05, 0) is 64.4 Å². The fourth-order valence-corrected chi connectivity index (χ4v) is 9.34. The maximum atomic E-state index is 6.28. The average Bonchev–Trinajstić information content (AvgIpc) is 3.95. The Morgan fingerprint density at radius 1 is 0.345 bits per heavy atom. The van der Waals surface area contributed by atoms with E-state index in [0.29, 0.717) is 17.5 Å². The van der Waals surface area contributed by atoms with Crippen LogP contribution in [0.5, 0.6) is 0 Å². The van der Waals surface area contributed by atoms with Crippen LogP contribution in [0.3, 0.4) is 0 Å². The minimum atomic E-state index is 0.602. The molecule has 0 N–H and O–H groups in total. The molecule has 256 valence electrons. The number of aromatic nitrogens is 3. The molecule has 12 aromatic rings. The van der Waals surface area contributed by atoms with Crippen molar-refractivity contribution in [1.82, 2.24) is 15.0 Å². The highest BCUT2D eigenvalue weighted by molar-refractivity contribution is 7.25. The Kier molecular flexibility index (Phi) is 6.44. The molecular weight excluding hydrogens is 695 g/mol. The van der Waals surface area contributed by atoms with Crippen molar-refractivity contribution < 1.29 is 8.83 Å². The van der Waals surface area contributed by atoms with E-state index in [0.717, 1.165) is 77.1 Å². The Bertz CT molecular complexity index is 3370. The zero-order valence-electron chi connectivity index (χ0n) is 29.2. The van der Waals surface area contributed by atoms with E-state index in [1.54, 1.807) is 11.3 Å². The lowest BCUT2D eigenvalue weighted by molar-refractivity contribution is 0.668. The summed E-state index contributed by atoms with van der Waals surface area (Å²) < 4.78 is 14.9. The predicted octanol–water partition coefficient (Wildman–Crippen LogP) is 13.9. The van der Waals surface area contributed by atoms with Crippen molar-refractivity contribution in [3.63, 3.8) is 0 Å². The first kappa shape index (κ1) is 30.3. The van der Waals surface area contributed by atoms with Crippen LogP contribution in [0.1, 0.15) is 0 Å². The normalized spacial score (nSPS) is 12.0. The van der Waals surface area contributed by atoms with Crippen LogP contribution in [0.15, 0.2) is 173 Å². The molecule has 0 radical (unpaired) electrons.